The molecule has 0 unspecified atom stereocenters. The zero-order chi connectivity index (χ0) is 12.8. The highest BCUT2D eigenvalue weighted by Crippen LogP contribution is 2.00. The highest BCUT2D eigenvalue weighted by Gasteiger charge is 2.18. The van der Waals surface area contributed by atoms with E-state index in [0.717, 1.165) is 0 Å². The molecule has 1 aromatic rings. The average molecular weight is 238 g/mol. The van der Waals surface area contributed by atoms with Gasteiger partial charge in [-0.2, -0.15) is 0 Å². The summed E-state index contributed by atoms with van der Waals surface area (Å²) in [5, 5.41) is 0. The fourth-order valence-corrected chi connectivity index (χ4v) is 1.26. The van der Waals surface area contributed by atoms with Gasteiger partial charge in [-0.05, 0) is 12.0 Å². The molecular weight excluding hydrogens is 220 g/mol. The minimum absolute atomic E-state index is 0.0435. The molecule has 0 aliphatic heterocycles. The van der Waals surface area contributed by atoms with Gasteiger partial charge in [0.1, 0.15) is 12.6 Å². The fraction of sp³-hybridized carbons (Fsp3) is 0.500. The van der Waals surface area contributed by atoms with E-state index >= 15 is 0 Å². The largest absolute Gasteiger partial charge is 0.463 e. The van der Waals surface area contributed by atoms with Gasteiger partial charge in [0.15, 0.2) is 0 Å². The van der Waals surface area contributed by atoms with Crippen LogP contribution in [0.15, 0.2) is 29.2 Å². The Balaban J connectivity index is 2.41. The van der Waals surface area contributed by atoms with Crippen molar-refractivity contribution < 1.29 is 9.53 Å². The Bertz CT molecular complexity index is 426. The van der Waals surface area contributed by atoms with Gasteiger partial charge >= 0.3 is 5.97 Å². The van der Waals surface area contributed by atoms with Crippen LogP contribution in [-0.4, -0.2) is 23.2 Å². The van der Waals surface area contributed by atoms with Crippen LogP contribution in [-0.2, 0) is 16.1 Å². The third-order valence-corrected chi connectivity index (χ3v) is 2.47. The summed E-state index contributed by atoms with van der Waals surface area (Å²) < 4.78 is 6.48. The normalized spacial score (nSPS) is 12.5. The van der Waals surface area contributed by atoms with Crippen molar-refractivity contribution in [3.8, 4) is 0 Å². The molecule has 5 nitrogen and oxygen atoms in total. The number of pyridine rings is 1. The van der Waals surface area contributed by atoms with E-state index in [1.807, 2.05) is 13.8 Å². The van der Waals surface area contributed by atoms with Crippen LogP contribution in [0.2, 0.25) is 0 Å². The molecule has 0 fully saturated rings. The summed E-state index contributed by atoms with van der Waals surface area (Å²) >= 11 is 0. The number of hydrogen-bond acceptors (Lipinski definition) is 4. The Labute approximate surface area is 100 Å². The first-order valence-corrected chi connectivity index (χ1v) is 5.60. The van der Waals surface area contributed by atoms with Crippen molar-refractivity contribution in [1.29, 1.82) is 0 Å². The van der Waals surface area contributed by atoms with Crippen LogP contribution in [0.5, 0.6) is 0 Å². The van der Waals surface area contributed by atoms with Gasteiger partial charge in [0.2, 0.25) is 0 Å². The second-order valence-corrected chi connectivity index (χ2v) is 4.17. The quantitative estimate of drug-likeness (QED) is 0.752. The Morgan fingerprint density at radius 2 is 2.18 bits per heavy atom. The van der Waals surface area contributed by atoms with Crippen LogP contribution in [0.25, 0.3) is 0 Å². The summed E-state index contributed by atoms with van der Waals surface area (Å²) in [6.07, 6.45) is 1.65. The van der Waals surface area contributed by atoms with E-state index in [1.165, 1.54) is 10.6 Å². The lowest BCUT2D eigenvalue weighted by Crippen LogP contribution is -2.37. The van der Waals surface area contributed by atoms with Gasteiger partial charge in [0.25, 0.3) is 5.56 Å². The number of esters is 1. The maximum atomic E-state index is 11.4. The third-order valence-electron chi connectivity index (χ3n) is 2.47. The van der Waals surface area contributed by atoms with Gasteiger partial charge in [0, 0.05) is 12.3 Å². The molecule has 1 atom stereocenters. The lowest BCUT2D eigenvalue weighted by molar-refractivity contribution is -0.146. The minimum Gasteiger partial charge on any atom is -0.463 e. The lowest BCUT2D eigenvalue weighted by Gasteiger charge is -2.14. The van der Waals surface area contributed by atoms with Crippen molar-refractivity contribution in [2.75, 3.05) is 6.61 Å². The first-order chi connectivity index (χ1) is 8.02. The highest BCUT2D eigenvalue weighted by molar-refractivity contribution is 5.75. The fourth-order valence-electron chi connectivity index (χ4n) is 1.26. The van der Waals surface area contributed by atoms with E-state index in [-0.39, 0.29) is 18.1 Å². The van der Waals surface area contributed by atoms with Crippen LogP contribution >= 0.6 is 0 Å². The van der Waals surface area contributed by atoms with Crippen LogP contribution < -0.4 is 11.3 Å². The molecule has 0 aromatic carbocycles. The van der Waals surface area contributed by atoms with E-state index in [9.17, 15) is 9.59 Å². The molecule has 1 rings (SSSR count). The number of nitrogens with zero attached hydrogens (tertiary/aromatic N) is 1. The lowest BCUT2D eigenvalue weighted by atomic mass is 10.1. The van der Waals surface area contributed by atoms with Gasteiger partial charge < -0.3 is 15.0 Å². The minimum atomic E-state index is -0.609. The second-order valence-electron chi connectivity index (χ2n) is 4.17. The molecule has 0 radical (unpaired) electrons. The van der Waals surface area contributed by atoms with E-state index in [1.54, 1.807) is 18.3 Å². The smallest absolute Gasteiger partial charge is 0.323 e. The van der Waals surface area contributed by atoms with Crippen LogP contribution in [0.3, 0.4) is 0 Å². The summed E-state index contributed by atoms with van der Waals surface area (Å²) in [5.74, 6) is -0.383. The Morgan fingerprint density at radius 1 is 1.47 bits per heavy atom. The molecule has 0 spiro atoms. The van der Waals surface area contributed by atoms with Gasteiger partial charge in [0.05, 0.1) is 6.54 Å². The van der Waals surface area contributed by atoms with Crippen molar-refractivity contribution >= 4 is 5.97 Å². The molecule has 0 saturated carbocycles. The van der Waals surface area contributed by atoms with Crippen molar-refractivity contribution in [3.05, 3.63) is 34.7 Å². The van der Waals surface area contributed by atoms with Crippen molar-refractivity contribution in [3.63, 3.8) is 0 Å². The van der Waals surface area contributed by atoms with E-state index in [0.29, 0.717) is 6.54 Å². The average Bonchev–Trinajstić information content (AvgIpc) is 2.30. The highest BCUT2D eigenvalue weighted by atomic mass is 16.5. The standard InChI is InChI=1S/C12H18N2O3/c1-9(2)11(13)12(16)17-8-7-14-6-4-3-5-10(14)15/h3-6,9,11H,7-8,13H2,1-2H3/t11-/m0/s1. The van der Waals surface area contributed by atoms with Gasteiger partial charge in [-0.3, -0.25) is 9.59 Å². The van der Waals surface area contributed by atoms with Gasteiger partial charge in [-0.1, -0.05) is 19.9 Å². The number of aromatic nitrogens is 1. The number of carbonyl (C=O) groups excluding carboxylic acids is 1. The predicted molar refractivity (Wildman–Crippen MR) is 64.5 cm³/mol. The first kappa shape index (κ1) is 13.4. The molecule has 1 heterocycles. The topological polar surface area (TPSA) is 74.3 Å². The van der Waals surface area contributed by atoms with Gasteiger partial charge in [-0.25, -0.2) is 0 Å². The number of carbonyl (C=O) groups is 1. The number of hydrogen-bond donors (Lipinski definition) is 1. The molecule has 0 amide bonds. The molecule has 5 heteroatoms. The number of nitrogens with two attached hydrogens (primary N) is 1. The number of rotatable bonds is 5. The maximum absolute atomic E-state index is 11.4. The van der Waals surface area contributed by atoms with Crippen molar-refractivity contribution in [2.45, 2.75) is 26.4 Å². The zero-order valence-electron chi connectivity index (χ0n) is 10.1. The SMILES string of the molecule is CC(C)[C@H](N)C(=O)OCCn1ccccc1=O. The first-order valence-electron chi connectivity index (χ1n) is 5.60. The molecule has 1 aromatic heterocycles. The summed E-state index contributed by atoms with van der Waals surface area (Å²) in [4.78, 5) is 22.8. The predicted octanol–water partition coefficient (Wildman–Crippen LogP) is 0.375. The third kappa shape index (κ3) is 4.03. The maximum Gasteiger partial charge on any atom is 0.323 e. The van der Waals surface area contributed by atoms with Crippen molar-refractivity contribution in [1.82, 2.24) is 4.57 Å². The molecule has 0 aliphatic rings. The molecule has 0 aliphatic carbocycles. The second kappa shape index (κ2) is 6.20. The monoisotopic (exact) mass is 238 g/mol. The Hall–Kier alpha value is -1.62. The molecular formula is C12H18N2O3. The van der Waals surface area contributed by atoms with E-state index < -0.39 is 12.0 Å². The summed E-state index contributed by atoms with van der Waals surface area (Å²) in [6, 6.07) is 4.27. The number of ether oxygens (including phenoxy) is 1. The van der Waals surface area contributed by atoms with Crippen molar-refractivity contribution in [2.24, 2.45) is 11.7 Å². The van der Waals surface area contributed by atoms with E-state index in [2.05, 4.69) is 0 Å². The zero-order valence-corrected chi connectivity index (χ0v) is 10.1. The Morgan fingerprint density at radius 3 is 2.76 bits per heavy atom. The summed E-state index contributed by atoms with van der Waals surface area (Å²) in [7, 11) is 0. The summed E-state index contributed by atoms with van der Waals surface area (Å²) in [6.45, 7) is 4.21. The molecule has 94 valence electrons. The molecule has 17 heavy (non-hydrogen) atoms. The Kier molecular flexibility index (Phi) is 4.90. The molecule has 0 saturated heterocycles. The molecule has 2 N–H and O–H groups in total. The molecule has 0 bridgehead atoms. The van der Waals surface area contributed by atoms with Crippen LogP contribution in [0, 0.1) is 5.92 Å². The van der Waals surface area contributed by atoms with E-state index in [4.69, 9.17) is 10.5 Å². The summed E-state index contributed by atoms with van der Waals surface area (Å²) in [5.41, 5.74) is 5.51. The van der Waals surface area contributed by atoms with Crippen LogP contribution in [0.1, 0.15) is 13.8 Å². The van der Waals surface area contributed by atoms with Crippen LogP contribution in [0.4, 0.5) is 0 Å². The van der Waals surface area contributed by atoms with Gasteiger partial charge in [-0.15, -0.1) is 0 Å².